The van der Waals surface area contributed by atoms with E-state index in [1.54, 1.807) is 55.5 Å². The van der Waals surface area contributed by atoms with Gasteiger partial charge in [0.05, 0.1) is 29.0 Å². The van der Waals surface area contributed by atoms with E-state index in [4.69, 9.17) is 4.74 Å². The molecule has 0 radical (unpaired) electrons. The summed E-state index contributed by atoms with van der Waals surface area (Å²) in [5.74, 6) is 0.341. The molecule has 0 N–H and O–H groups in total. The lowest BCUT2D eigenvalue weighted by Crippen LogP contribution is -2.41. The first-order valence-corrected chi connectivity index (χ1v) is 9.44. The molecule has 9 heteroatoms. The normalized spacial score (nSPS) is 14.8. The number of rotatable bonds is 4. The van der Waals surface area contributed by atoms with E-state index in [9.17, 15) is 9.59 Å². The lowest BCUT2D eigenvalue weighted by Gasteiger charge is -2.31. The Balaban J connectivity index is 1.35. The summed E-state index contributed by atoms with van der Waals surface area (Å²) in [6, 6.07) is 3.42. The molecule has 0 atom stereocenters. The second-order valence-corrected chi connectivity index (χ2v) is 7.16. The van der Waals surface area contributed by atoms with E-state index in [0.717, 1.165) is 0 Å². The average Bonchev–Trinajstić information content (AvgIpc) is 3.18. The number of hydrogen-bond donors (Lipinski definition) is 0. The van der Waals surface area contributed by atoms with Gasteiger partial charge in [0.25, 0.3) is 11.8 Å². The Kier molecular flexibility index (Phi) is 5.11. The highest BCUT2D eigenvalue weighted by atomic mass is 16.5. The van der Waals surface area contributed by atoms with Crippen LogP contribution in [0.3, 0.4) is 0 Å². The van der Waals surface area contributed by atoms with Gasteiger partial charge in [0.2, 0.25) is 5.88 Å². The van der Waals surface area contributed by atoms with Gasteiger partial charge in [0, 0.05) is 64.7 Å². The van der Waals surface area contributed by atoms with Crippen LogP contribution in [0.2, 0.25) is 0 Å². The molecule has 1 fully saturated rings. The van der Waals surface area contributed by atoms with Crippen LogP contribution in [0.1, 0.15) is 33.6 Å². The Bertz CT molecular complexity index is 1020. The summed E-state index contributed by atoms with van der Waals surface area (Å²) in [7, 11) is 3.40. The zero-order chi connectivity index (χ0) is 20.4. The number of carbonyl (C=O) groups is 2. The first-order valence-electron chi connectivity index (χ1n) is 9.44. The van der Waals surface area contributed by atoms with Crippen LogP contribution in [-0.4, -0.2) is 74.5 Å². The van der Waals surface area contributed by atoms with Crippen molar-refractivity contribution in [2.45, 2.75) is 18.9 Å². The van der Waals surface area contributed by atoms with Gasteiger partial charge in [-0.2, -0.15) is 5.10 Å². The number of likely N-dealkylation sites (tertiary alicyclic amines) is 1. The smallest absolute Gasteiger partial charge is 0.257 e. The third-order valence-electron chi connectivity index (χ3n) is 4.96. The molecular formula is C20H22N6O3. The molecule has 0 saturated carbocycles. The van der Waals surface area contributed by atoms with E-state index in [1.165, 1.54) is 11.1 Å². The molecule has 150 valence electrons. The molecule has 1 aliphatic rings. The van der Waals surface area contributed by atoms with Crippen molar-refractivity contribution in [1.82, 2.24) is 29.4 Å². The van der Waals surface area contributed by atoms with Crippen molar-refractivity contribution in [3.8, 4) is 5.88 Å². The van der Waals surface area contributed by atoms with Crippen molar-refractivity contribution in [3.63, 3.8) is 0 Å². The molecule has 1 saturated heterocycles. The quantitative estimate of drug-likeness (QED) is 0.666. The summed E-state index contributed by atoms with van der Waals surface area (Å²) < 4.78 is 7.58. The van der Waals surface area contributed by atoms with Gasteiger partial charge in [-0.25, -0.2) is 9.50 Å². The standard InChI is InChI=1S/C20H22N6O3/c1-24(2)19(27)14-3-4-18(22-11-14)29-15-5-8-25(9-6-15)20(28)16-12-23-26-10-7-21-13-17(16)26/h3-4,7,10-13,15H,5-6,8-9H2,1-2H3. The summed E-state index contributed by atoms with van der Waals surface area (Å²) >= 11 is 0. The zero-order valence-electron chi connectivity index (χ0n) is 16.4. The molecule has 0 aliphatic carbocycles. The van der Waals surface area contributed by atoms with Gasteiger partial charge >= 0.3 is 0 Å². The van der Waals surface area contributed by atoms with Crippen molar-refractivity contribution in [2.24, 2.45) is 0 Å². The third kappa shape index (κ3) is 3.89. The number of ether oxygens (including phenoxy) is 1. The molecule has 0 bridgehead atoms. The molecule has 4 rings (SSSR count). The third-order valence-corrected chi connectivity index (χ3v) is 4.96. The molecule has 3 aromatic rings. The second-order valence-electron chi connectivity index (χ2n) is 7.16. The maximum atomic E-state index is 12.9. The van der Waals surface area contributed by atoms with Crippen LogP contribution in [-0.2, 0) is 0 Å². The average molecular weight is 394 g/mol. The second kappa shape index (κ2) is 7.86. The molecule has 0 aromatic carbocycles. The molecule has 1 aliphatic heterocycles. The summed E-state index contributed by atoms with van der Waals surface area (Å²) in [5, 5.41) is 4.20. The Hall–Kier alpha value is -3.49. The number of nitrogens with zero attached hydrogens (tertiary/aromatic N) is 6. The Morgan fingerprint density at radius 1 is 1.14 bits per heavy atom. The Morgan fingerprint density at radius 3 is 2.62 bits per heavy atom. The van der Waals surface area contributed by atoms with Crippen molar-refractivity contribution < 1.29 is 14.3 Å². The minimum Gasteiger partial charge on any atom is -0.474 e. The van der Waals surface area contributed by atoms with Gasteiger partial charge in [0.15, 0.2) is 0 Å². The van der Waals surface area contributed by atoms with E-state index in [1.807, 2.05) is 4.90 Å². The number of aromatic nitrogens is 4. The Labute approximate surface area is 167 Å². The van der Waals surface area contributed by atoms with E-state index in [2.05, 4.69) is 15.1 Å². The van der Waals surface area contributed by atoms with Crippen LogP contribution in [0.15, 0.2) is 43.1 Å². The van der Waals surface area contributed by atoms with Gasteiger partial charge in [-0.05, 0) is 6.07 Å². The lowest BCUT2D eigenvalue weighted by atomic mass is 10.1. The minimum atomic E-state index is -0.0984. The topological polar surface area (TPSA) is 92.9 Å². The van der Waals surface area contributed by atoms with Crippen molar-refractivity contribution >= 4 is 17.3 Å². The lowest BCUT2D eigenvalue weighted by molar-refractivity contribution is 0.0589. The summed E-state index contributed by atoms with van der Waals surface area (Å²) in [5.41, 5.74) is 1.78. The van der Waals surface area contributed by atoms with Crippen LogP contribution >= 0.6 is 0 Å². The van der Waals surface area contributed by atoms with Crippen LogP contribution in [0.4, 0.5) is 0 Å². The maximum absolute atomic E-state index is 12.9. The molecule has 0 spiro atoms. The number of carbonyl (C=O) groups excluding carboxylic acids is 2. The van der Waals surface area contributed by atoms with Gasteiger partial charge in [-0.15, -0.1) is 0 Å². The highest BCUT2D eigenvalue weighted by Crippen LogP contribution is 2.20. The summed E-state index contributed by atoms with van der Waals surface area (Å²) in [6.07, 6.45) is 9.51. The van der Waals surface area contributed by atoms with Gasteiger partial charge in [0.1, 0.15) is 6.10 Å². The fourth-order valence-electron chi connectivity index (χ4n) is 3.35. The number of amides is 2. The largest absolute Gasteiger partial charge is 0.474 e. The minimum absolute atomic E-state index is 0.0208. The molecule has 2 amide bonds. The summed E-state index contributed by atoms with van der Waals surface area (Å²) in [4.78, 5) is 36.4. The monoisotopic (exact) mass is 394 g/mol. The van der Waals surface area contributed by atoms with E-state index in [0.29, 0.717) is 48.5 Å². The number of pyridine rings is 1. The molecule has 3 aromatic heterocycles. The molecular weight excluding hydrogens is 372 g/mol. The number of fused-ring (bicyclic) bond motifs is 1. The summed E-state index contributed by atoms with van der Waals surface area (Å²) in [6.45, 7) is 1.19. The molecule has 9 nitrogen and oxygen atoms in total. The fourth-order valence-corrected chi connectivity index (χ4v) is 3.35. The van der Waals surface area contributed by atoms with Crippen molar-refractivity contribution in [2.75, 3.05) is 27.2 Å². The number of piperidine rings is 1. The van der Waals surface area contributed by atoms with Crippen molar-refractivity contribution in [1.29, 1.82) is 0 Å². The van der Waals surface area contributed by atoms with Crippen LogP contribution in [0.25, 0.3) is 5.52 Å². The van der Waals surface area contributed by atoms with Crippen LogP contribution < -0.4 is 4.74 Å². The predicted octanol–water partition coefficient (Wildman–Crippen LogP) is 1.51. The van der Waals surface area contributed by atoms with Crippen LogP contribution in [0, 0.1) is 0 Å². The molecule has 0 unspecified atom stereocenters. The molecule has 4 heterocycles. The van der Waals surface area contributed by atoms with E-state index in [-0.39, 0.29) is 17.9 Å². The predicted molar refractivity (Wildman–Crippen MR) is 105 cm³/mol. The van der Waals surface area contributed by atoms with E-state index >= 15 is 0 Å². The van der Waals surface area contributed by atoms with Gasteiger partial charge in [-0.3, -0.25) is 14.6 Å². The highest BCUT2D eigenvalue weighted by molar-refractivity contribution is 6.00. The number of hydrogen-bond acceptors (Lipinski definition) is 6. The first kappa shape index (κ1) is 18.9. The SMILES string of the molecule is CN(C)C(=O)c1ccc(OC2CCN(C(=O)c3cnn4ccncc34)CC2)nc1. The zero-order valence-corrected chi connectivity index (χ0v) is 16.4. The fraction of sp³-hybridized carbons (Fsp3) is 0.350. The maximum Gasteiger partial charge on any atom is 0.257 e. The Morgan fingerprint density at radius 2 is 1.93 bits per heavy atom. The van der Waals surface area contributed by atoms with Gasteiger partial charge in [-0.1, -0.05) is 0 Å². The molecule has 29 heavy (non-hydrogen) atoms. The highest BCUT2D eigenvalue weighted by Gasteiger charge is 2.26. The van der Waals surface area contributed by atoms with E-state index < -0.39 is 0 Å². The first-order chi connectivity index (χ1) is 14.0. The van der Waals surface area contributed by atoms with Gasteiger partial charge < -0.3 is 14.5 Å². The van der Waals surface area contributed by atoms with Crippen LogP contribution in [0.5, 0.6) is 5.88 Å². The van der Waals surface area contributed by atoms with Crippen molar-refractivity contribution in [3.05, 3.63) is 54.2 Å².